The second-order valence-corrected chi connectivity index (χ2v) is 3.22. The van der Waals surface area contributed by atoms with Gasteiger partial charge in [-0.1, -0.05) is 12.0 Å². The summed E-state index contributed by atoms with van der Waals surface area (Å²) in [6.45, 7) is 1.68. The SMILES string of the molecule is C#CC(C)NC(=O)c1cccc(OC)c1O. The van der Waals surface area contributed by atoms with Gasteiger partial charge in [-0.3, -0.25) is 4.79 Å². The van der Waals surface area contributed by atoms with Gasteiger partial charge in [0.2, 0.25) is 0 Å². The average Bonchev–Trinajstić information content (AvgIpc) is 2.29. The van der Waals surface area contributed by atoms with Crippen LogP contribution in [0.5, 0.6) is 11.5 Å². The first-order valence-corrected chi connectivity index (χ1v) is 4.73. The van der Waals surface area contributed by atoms with Gasteiger partial charge in [0.25, 0.3) is 5.91 Å². The summed E-state index contributed by atoms with van der Waals surface area (Å²) in [4.78, 5) is 11.7. The molecule has 0 aromatic heterocycles. The number of phenolic OH excluding ortho intramolecular Hbond substituents is 1. The second kappa shape index (κ2) is 5.08. The van der Waals surface area contributed by atoms with Gasteiger partial charge in [-0.25, -0.2) is 0 Å². The molecule has 1 aromatic carbocycles. The summed E-state index contributed by atoms with van der Waals surface area (Å²) in [5.41, 5.74) is 0.140. The van der Waals surface area contributed by atoms with Crippen molar-refractivity contribution in [3.63, 3.8) is 0 Å². The van der Waals surface area contributed by atoms with Gasteiger partial charge in [-0.05, 0) is 19.1 Å². The van der Waals surface area contributed by atoms with Gasteiger partial charge in [0.1, 0.15) is 0 Å². The number of carbonyl (C=O) groups excluding carboxylic acids is 1. The van der Waals surface area contributed by atoms with Crippen LogP contribution in [-0.4, -0.2) is 24.2 Å². The Kier molecular flexibility index (Phi) is 3.78. The van der Waals surface area contributed by atoms with Gasteiger partial charge < -0.3 is 15.2 Å². The molecule has 2 N–H and O–H groups in total. The number of para-hydroxylation sites is 1. The van der Waals surface area contributed by atoms with E-state index in [2.05, 4.69) is 11.2 Å². The molecule has 0 saturated carbocycles. The summed E-state index contributed by atoms with van der Waals surface area (Å²) < 4.78 is 4.90. The average molecular weight is 219 g/mol. The minimum absolute atomic E-state index is 0.140. The van der Waals surface area contributed by atoms with Crippen LogP contribution in [0.1, 0.15) is 17.3 Å². The largest absolute Gasteiger partial charge is 0.504 e. The molecule has 0 spiro atoms. The maximum absolute atomic E-state index is 11.7. The number of hydrogen-bond acceptors (Lipinski definition) is 3. The number of hydrogen-bond donors (Lipinski definition) is 2. The number of benzene rings is 1. The summed E-state index contributed by atoms with van der Waals surface area (Å²) in [5.74, 6) is 2.00. The van der Waals surface area contributed by atoms with Crippen LogP contribution in [0.3, 0.4) is 0 Å². The molecule has 0 saturated heterocycles. The summed E-state index contributed by atoms with van der Waals surface area (Å²) >= 11 is 0. The zero-order chi connectivity index (χ0) is 12.1. The van der Waals surface area contributed by atoms with Crippen molar-refractivity contribution < 1.29 is 14.6 Å². The van der Waals surface area contributed by atoms with Crippen molar-refractivity contribution >= 4 is 5.91 Å². The van der Waals surface area contributed by atoms with E-state index in [4.69, 9.17) is 11.2 Å². The van der Waals surface area contributed by atoms with Crippen LogP contribution in [0.15, 0.2) is 18.2 Å². The molecule has 0 heterocycles. The number of methoxy groups -OCH3 is 1. The molecule has 4 heteroatoms. The van der Waals surface area contributed by atoms with Crippen LogP contribution in [0.25, 0.3) is 0 Å². The Hall–Kier alpha value is -2.15. The van der Waals surface area contributed by atoms with E-state index in [1.54, 1.807) is 19.1 Å². The molecule has 1 aromatic rings. The quantitative estimate of drug-likeness (QED) is 0.750. The number of aromatic hydroxyl groups is 1. The van der Waals surface area contributed by atoms with E-state index in [0.717, 1.165) is 0 Å². The number of rotatable bonds is 3. The number of ether oxygens (including phenoxy) is 1. The van der Waals surface area contributed by atoms with Crippen LogP contribution >= 0.6 is 0 Å². The van der Waals surface area contributed by atoms with Crippen molar-refractivity contribution in [3.8, 4) is 23.8 Å². The third-order valence-electron chi connectivity index (χ3n) is 2.06. The Morgan fingerprint density at radius 1 is 1.62 bits per heavy atom. The molecule has 1 unspecified atom stereocenters. The fraction of sp³-hybridized carbons (Fsp3) is 0.250. The Labute approximate surface area is 94.2 Å². The first-order valence-electron chi connectivity index (χ1n) is 4.73. The highest BCUT2D eigenvalue weighted by Crippen LogP contribution is 2.29. The zero-order valence-electron chi connectivity index (χ0n) is 9.15. The first kappa shape index (κ1) is 11.9. The topological polar surface area (TPSA) is 58.6 Å². The van der Waals surface area contributed by atoms with E-state index in [1.807, 2.05) is 0 Å². The Morgan fingerprint density at radius 3 is 2.88 bits per heavy atom. The Morgan fingerprint density at radius 2 is 2.31 bits per heavy atom. The molecule has 1 rings (SSSR count). The highest BCUT2D eigenvalue weighted by molar-refractivity contribution is 5.97. The minimum Gasteiger partial charge on any atom is -0.504 e. The monoisotopic (exact) mass is 219 g/mol. The Bertz CT molecular complexity index is 434. The van der Waals surface area contributed by atoms with E-state index in [-0.39, 0.29) is 17.1 Å². The van der Waals surface area contributed by atoms with Gasteiger partial charge in [0, 0.05) is 0 Å². The van der Waals surface area contributed by atoms with E-state index in [0.29, 0.717) is 0 Å². The lowest BCUT2D eigenvalue weighted by molar-refractivity contribution is 0.0945. The minimum atomic E-state index is -0.429. The van der Waals surface area contributed by atoms with Crippen molar-refractivity contribution in [3.05, 3.63) is 23.8 Å². The fourth-order valence-electron chi connectivity index (χ4n) is 1.19. The molecule has 0 fully saturated rings. The standard InChI is InChI=1S/C12H13NO3/c1-4-8(2)13-12(15)9-6-5-7-10(16-3)11(9)14/h1,5-8,14H,2-3H3,(H,13,15). The van der Waals surface area contributed by atoms with Crippen molar-refractivity contribution in [2.45, 2.75) is 13.0 Å². The third-order valence-corrected chi connectivity index (χ3v) is 2.06. The molecule has 1 amide bonds. The number of terminal acetylenes is 1. The zero-order valence-corrected chi connectivity index (χ0v) is 9.15. The molecule has 0 radical (unpaired) electrons. The predicted molar refractivity (Wildman–Crippen MR) is 60.4 cm³/mol. The highest BCUT2D eigenvalue weighted by atomic mass is 16.5. The molecule has 0 aliphatic carbocycles. The highest BCUT2D eigenvalue weighted by Gasteiger charge is 2.15. The van der Waals surface area contributed by atoms with Crippen molar-refractivity contribution in [2.75, 3.05) is 7.11 Å². The van der Waals surface area contributed by atoms with E-state index < -0.39 is 11.9 Å². The van der Waals surface area contributed by atoms with Crippen molar-refractivity contribution in [2.24, 2.45) is 0 Å². The van der Waals surface area contributed by atoms with Gasteiger partial charge in [0.15, 0.2) is 11.5 Å². The van der Waals surface area contributed by atoms with Gasteiger partial charge in [-0.15, -0.1) is 6.42 Å². The van der Waals surface area contributed by atoms with E-state index in [1.165, 1.54) is 13.2 Å². The molecule has 4 nitrogen and oxygen atoms in total. The predicted octanol–water partition coefficient (Wildman–Crippen LogP) is 1.15. The van der Waals surface area contributed by atoms with Crippen LogP contribution in [0.2, 0.25) is 0 Å². The van der Waals surface area contributed by atoms with Gasteiger partial charge in [-0.2, -0.15) is 0 Å². The molecular weight excluding hydrogens is 206 g/mol. The lowest BCUT2D eigenvalue weighted by Crippen LogP contribution is -2.31. The first-order chi connectivity index (χ1) is 7.60. The lowest BCUT2D eigenvalue weighted by Gasteiger charge is -2.10. The molecule has 0 bridgehead atoms. The number of phenols is 1. The summed E-state index contributed by atoms with van der Waals surface area (Å²) in [6.07, 6.45) is 5.14. The third kappa shape index (κ3) is 2.45. The molecular formula is C12H13NO3. The summed E-state index contributed by atoms with van der Waals surface area (Å²) in [7, 11) is 1.42. The maximum Gasteiger partial charge on any atom is 0.256 e. The normalized spacial score (nSPS) is 11.3. The molecule has 16 heavy (non-hydrogen) atoms. The van der Waals surface area contributed by atoms with Gasteiger partial charge >= 0.3 is 0 Å². The van der Waals surface area contributed by atoms with Gasteiger partial charge in [0.05, 0.1) is 18.7 Å². The molecule has 84 valence electrons. The van der Waals surface area contributed by atoms with Crippen LogP contribution in [0, 0.1) is 12.3 Å². The number of amides is 1. The summed E-state index contributed by atoms with van der Waals surface area (Å²) in [5, 5.41) is 12.3. The Balaban J connectivity index is 2.97. The van der Waals surface area contributed by atoms with Crippen LogP contribution in [0.4, 0.5) is 0 Å². The fourth-order valence-corrected chi connectivity index (χ4v) is 1.19. The van der Waals surface area contributed by atoms with Crippen LogP contribution in [-0.2, 0) is 0 Å². The van der Waals surface area contributed by atoms with Crippen molar-refractivity contribution in [1.29, 1.82) is 0 Å². The second-order valence-electron chi connectivity index (χ2n) is 3.22. The van der Waals surface area contributed by atoms with E-state index >= 15 is 0 Å². The van der Waals surface area contributed by atoms with Crippen molar-refractivity contribution in [1.82, 2.24) is 5.32 Å². The lowest BCUT2D eigenvalue weighted by atomic mass is 10.1. The maximum atomic E-state index is 11.7. The molecule has 0 aliphatic rings. The number of carbonyl (C=O) groups is 1. The summed E-state index contributed by atoms with van der Waals surface area (Å²) in [6, 6.07) is 4.29. The molecule has 0 aliphatic heterocycles. The smallest absolute Gasteiger partial charge is 0.256 e. The molecule has 1 atom stereocenters. The van der Waals surface area contributed by atoms with Crippen LogP contribution < -0.4 is 10.1 Å². The number of nitrogens with one attached hydrogen (secondary N) is 1. The van der Waals surface area contributed by atoms with E-state index in [9.17, 15) is 9.90 Å².